The highest BCUT2D eigenvalue weighted by Gasteiger charge is 2.22. The molecule has 1 saturated heterocycles. The Kier molecular flexibility index (Phi) is 5.17. The maximum Gasteiger partial charge on any atom is 0.211 e. The van der Waals surface area contributed by atoms with Gasteiger partial charge < -0.3 is 4.74 Å². The molecule has 0 radical (unpaired) electrons. The van der Waals surface area contributed by atoms with Gasteiger partial charge in [-0.15, -0.1) is 0 Å². The van der Waals surface area contributed by atoms with E-state index in [4.69, 9.17) is 10.00 Å². The lowest BCUT2D eigenvalue weighted by Gasteiger charge is -2.33. The maximum absolute atomic E-state index is 11.4. The summed E-state index contributed by atoms with van der Waals surface area (Å²) < 4.78 is 29.9. The molecule has 2 rings (SSSR count). The van der Waals surface area contributed by atoms with Crippen LogP contribution < -0.4 is 4.74 Å². The Labute approximate surface area is 125 Å². The number of sulfonamides is 1. The van der Waals surface area contributed by atoms with Crippen LogP contribution in [0.1, 0.15) is 5.56 Å². The van der Waals surface area contributed by atoms with E-state index in [9.17, 15) is 8.42 Å². The van der Waals surface area contributed by atoms with Crippen molar-refractivity contribution in [1.82, 2.24) is 9.21 Å². The summed E-state index contributed by atoms with van der Waals surface area (Å²) in [5.41, 5.74) is 0.610. The zero-order valence-electron chi connectivity index (χ0n) is 12.0. The van der Waals surface area contributed by atoms with E-state index in [0.717, 1.165) is 25.4 Å². The van der Waals surface area contributed by atoms with Crippen molar-refractivity contribution in [2.24, 2.45) is 0 Å². The average Bonchev–Trinajstić information content (AvgIpc) is 2.47. The van der Waals surface area contributed by atoms with Crippen LogP contribution in [0.4, 0.5) is 0 Å². The van der Waals surface area contributed by atoms with E-state index in [1.54, 1.807) is 24.3 Å². The third kappa shape index (κ3) is 4.70. The van der Waals surface area contributed by atoms with Crippen molar-refractivity contribution >= 4 is 10.0 Å². The molecule has 1 heterocycles. The second-order valence-corrected chi connectivity index (χ2v) is 6.97. The number of ether oxygens (including phenoxy) is 1. The number of hydrogen-bond acceptors (Lipinski definition) is 5. The second-order valence-electron chi connectivity index (χ2n) is 4.99. The Morgan fingerprint density at radius 1 is 1.19 bits per heavy atom. The van der Waals surface area contributed by atoms with Gasteiger partial charge in [-0.1, -0.05) is 0 Å². The number of rotatable bonds is 5. The molecule has 1 aliphatic heterocycles. The Bertz CT molecular complexity index is 599. The molecule has 0 amide bonds. The van der Waals surface area contributed by atoms with Crippen LogP contribution in [0.3, 0.4) is 0 Å². The molecule has 1 aromatic carbocycles. The predicted molar refractivity (Wildman–Crippen MR) is 79.5 cm³/mol. The van der Waals surface area contributed by atoms with E-state index in [0.29, 0.717) is 25.3 Å². The van der Waals surface area contributed by atoms with E-state index < -0.39 is 10.0 Å². The first-order valence-electron chi connectivity index (χ1n) is 6.79. The highest BCUT2D eigenvalue weighted by molar-refractivity contribution is 7.88. The van der Waals surface area contributed by atoms with Gasteiger partial charge in [-0.3, -0.25) is 4.90 Å². The fourth-order valence-electron chi connectivity index (χ4n) is 2.20. The van der Waals surface area contributed by atoms with Crippen molar-refractivity contribution in [3.05, 3.63) is 29.8 Å². The summed E-state index contributed by atoms with van der Waals surface area (Å²) in [4.78, 5) is 2.19. The topological polar surface area (TPSA) is 73.6 Å². The summed E-state index contributed by atoms with van der Waals surface area (Å²) in [7, 11) is -3.07. The van der Waals surface area contributed by atoms with Gasteiger partial charge in [-0.25, -0.2) is 8.42 Å². The first kappa shape index (κ1) is 15.8. The molecule has 21 heavy (non-hydrogen) atoms. The van der Waals surface area contributed by atoms with Crippen LogP contribution in [0.25, 0.3) is 0 Å². The van der Waals surface area contributed by atoms with Crippen molar-refractivity contribution in [1.29, 1.82) is 5.26 Å². The zero-order valence-corrected chi connectivity index (χ0v) is 12.8. The van der Waals surface area contributed by atoms with Gasteiger partial charge in [-0.2, -0.15) is 9.57 Å². The summed E-state index contributed by atoms with van der Waals surface area (Å²) in [5, 5.41) is 8.71. The van der Waals surface area contributed by atoms with Gasteiger partial charge in [-0.05, 0) is 24.3 Å². The third-order valence-corrected chi connectivity index (χ3v) is 4.76. The Balaban J connectivity index is 1.71. The zero-order chi connectivity index (χ0) is 15.3. The number of nitriles is 1. The largest absolute Gasteiger partial charge is 0.492 e. The normalized spacial score (nSPS) is 17.3. The molecule has 0 spiro atoms. The van der Waals surface area contributed by atoms with Gasteiger partial charge in [0.05, 0.1) is 17.9 Å². The summed E-state index contributed by atoms with van der Waals surface area (Å²) in [6.07, 6.45) is 1.25. The molecule has 114 valence electrons. The van der Waals surface area contributed by atoms with Crippen LogP contribution in [0.15, 0.2) is 24.3 Å². The molecule has 7 heteroatoms. The molecule has 0 unspecified atom stereocenters. The number of nitrogens with zero attached hydrogens (tertiary/aromatic N) is 3. The molecule has 6 nitrogen and oxygen atoms in total. The van der Waals surface area contributed by atoms with Crippen LogP contribution in [0, 0.1) is 11.3 Å². The standard InChI is InChI=1S/C14H19N3O3S/c1-21(18,19)17-8-6-16(7-9-17)10-11-20-14-4-2-13(12-15)3-5-14/h2-5H,6-11H2,1H3. The van der Waals surface area contributed by atoms with Gasteiger partial charge in [0, 0.05) is 32.7 Å². The highest BCUT2D eigenvalue weighted by Crippen LogP contribution is 2.12. The Hall–Kier alpha value is -1.62. The van der Waals surface area contributed by atoms with Crippen molar-refractivity contribution in [3.63, 3.8) is 0 Å². The molecule has 0 aromatic heterocycles. The summed E-state index contributed by atoms with van der Waals surface area (Å²) in [6, 6.07) is 9.06. The molecule has 0 atom stereocenters. The minimum atomic E-state index is -3.07. The number of piperazine rings is 1. The van der Waals surface area contributed by atoms with E-state index in [-0.39, 0.29) is 0 Å². The highest BCUT2D eigenvalue weighted by atomic mass is 32.2. The monoisotopic (exact) mass is 309 g/mol. The van der Waals surface area contributed by atoms with Crippen molar-refractivity contribution < 1.29 is 13.2 Å². The molecular formula is C14H19N3O3S. The fraction of sp³-hybridized carbons (Fsp3) is 0.500. The number of benzene rings is 1. The van der Waals surface area contributed by atoms with Crippen molar-refractivity contribution in [3.8, 4) is 11.8 Å². The lowest BCUT2D eigenvalue weighted by Crippen LogP contribution is -2.49. The minimum absolute atomic E-state index is 0.537. The average molecular weight is 309 g/mol. The van der Waals surface area contributed by atoms with Crippen LogP contribution in [0.5, 0.6) is 5.75 Å². The molecule has 1 fully saturated rings. The Morgan fingerprint density at radius 2 is 1.81 bits per heavy atom. The summed E-state index contributed by atoms with van der Waals surface area (Å²) in [6.45, 7) is 3.83. The molecule has 0 aliphatic carbocycles. The first-order valence-corrected chi connectivity index (χ1v) is 8.64. The van der Waals surface area contributed by atoms with E-state index >= 15 is 0 Å². The molecule has 0 bridgehead atoms. The molecular weight excluding hydrogens is 290 g/mol. The van der Waals surface area contributed by atoms with Crippen LogP contribution >= 0.6 is 0 Å². The summed E-state index contributed by atoms with van der Waals surface area (Å²) >= 11 is 0. The van der Waals surface area contributed by atoms with Gasteiger partial charge in [0.1, 0.15) is 12.4 Å². The SMILES string of the molecule is CS(=O)(=O)N1CCN(CCOc2ccc(C#N)cc2)CC1. The smallest absolute Gasteiger partial charge is 0.211 e. The van der Waals surface area contributed by atoms with E-state index in [2.05, 4.69) is 11.0 Å². The maximum atomic E-state index is 11.4. The lowest BCUT2D eigenvalue weighted by atomic mass is 10.2. The van der Waals surface area contributed by atoms with Crippen molar-refractivity contribution in [2.45, 2.75) is 0 Å². The van der Waals surface area contributed by atoms with E-state index in [1.807, 2.05) is 0 Å². The predicted octanol–water partition coefficient (Wildman–Crippen LogP) is 0.514. The molecule has 1 aromatic rings. The van der Waals surface area contributed by atoms with Crippen LogP contribution in [-0.4, -0.2) is 63.2 Å². The first-order chi connectivity index (χ1) is 9.99. The second kappa shape index (κ2) is 6.89. The van der Waals surface area contributed by atoms with E-state index in [1.165, 1.54) is 10.6 Å². The van der Waals surface area contributed by atoms with Crippen LogP contribution in [0.2, 0.25) is 0 Å². The van der Waals surface area contributed by atoms with Gasteiger partial charge in [0.25, 0.3) is 0 Å². The molecule has 1 aliphatic rings. The molecule has 0 saturated carbocycles. The van der Waals surface area contributed by atoms with Crippen LogP contribution in [-0.2, 0) is 10.0 Å². The van der Waals surface area contributed by atoms with Gasteiger partial charge >= 0.3 is 0 Å². The summed E-state index contributed by atoms with van der Waals surface area (Å²) in [5.74, 6) is 0.740. The molecule has 0 N–H and O–H groups in total. The lowest BCUT2D eigenvalue weighted by molar-refractivity contribution is 0.159. The quantitative estimate of drug-likeness (QED) is 0.792. The van der Waals surface area contributed by atoms with Gasteiger partial charge in [0.15, 0.2) is 0 Å². The van der Waals surface area contributed by atoms with Gasteiger partial charge in [0.2, 0.25) is 10.0 Å². The van der Waals surface area contributed by atoms with Crippen molar-refractivity contribution in [2.75, 3.05) is 45.6 Å². The minimum Gasteiger partial charge on any atom is -0.492 e. The number of hydrogen-bond donors (Lipinski definition) is 0. The Morgan fingerprint density at radius 3 is 2.33 bits per heavy atom. The third-order valence-electron chi connectivity index (χ3n) is 3.46. The fourth-order valence-corrected chi connectivity index (χ4v) is 3.03.